The molecule has 1 heterocycles. The third-order valence-electron chi connectivity index (χ3n) is 3.72. The van der Waals surface area contributed by atoms with Gasteiger partial charge < -0.3 is 24.1 Å². The molecule has 0 aliphatic rings. The molecule has 0 aliphatic heterocycles. The van der Waals surface area contributed by atoms with Crippen LogP contribution in [0.4, 0.5) is 0 Å². The van der Waals surface area contributed by atoms with Crippen molar-refractivity contribution in [3.63, 3.8) is 0 Å². The summed E-state index contributed by atoms with van der Waals surface area (Å²) in [5, 5.41) is 19.5. The number of esters is 1. The van der Waals surface area contributed by atoms with Gasteiger partial charge in [0.25, 0.3) is 0 Å². The number of carbonyl (C=O) groups excluding carboxylic acids is 1. The lowest BCUT2D eigenvalue weighted by Gasteiger charge is -2.20. The van der Waals surface area contributed by atoms with Gasteiger partial charge in [0.2, 0.25) is 11.2 Å². The number of hydrogen-bond acceptors (Lipinski definition) is 7. The minimum absolute atomic E-state index is 0.0226. The Labute approximate surface area is 158 Å². The van der Waals surface area contributed by atoms with Crippen molar-refractivity contribution in [3.05, 3.63) is 56.0 Å². The third kappa shape index (κ3) is 4.44. The van der Waals surface area contributed by atoms with E-state index < -0.39 is 29.7 Å². The van der Waals surface area contributed by atoms with E-state index in [4.69, 9.17) is 13.9 Å². The largest absolute Gasteiger partial charge is 0.502 e. The van der Waals surface area contributed by atoms with E-state index in [1.807, 2.05) is 0 Å². The summed E-state index contributed by atoms with van der Waals surface area (Å²) < 4.78 is 16.6. The summed E-state index contributed by atoms with van der Waals surface area (Å²) in [5.74, 6) is -1.72. The topological polar surface area (TPSA) is 106 Å². The van der Waals surface area contributed by atoms with Crippen molar-refractivity contribution in [2.24, 2.45) is 0 Å². The van der Waals surface area contributed by atoms with E-state index in [9.17, 15) is 19.8 Å². The molecule has 0 saturated heterocycles. The maximum absolute atomic E-state index is 12.1. The quantitative estimate of drug-likeness (QED) is 0.655. The van der Waals surface area contributed by atoms with Gasteiger partial charge in [-0.3, -0.25) is 9.59 Å². The molecule has 2 rings (SSSR count). The van der Waals surface area contributed by atoms with E-state index in [0.29, 0.717) is 15.8 Å². The summed E-state index contributed by atoms with van der Waals surface area (Å²) in [4.78, 5) is 24.1. The minimum atomic E-state index is -0.847. The second kappa shape index (κ2) is 8.86. The number of ether oxygens (including phenoxy) is 2. The number of benzene rings is 1. The lowest BCUT2D eigenvalue weighted by Crippen LogP contribution is -2.15. The molecule has 8 heteroatoms. The molecule has 0 saturated carbocycles. The predicted molar refractivity (Wildman–Crippen MR) is 96.4 cm³/mol. The predicted octanol–water partition coefficient (Wildman–Crippen LogP) is 2.69. The molecule has 0 radical (unpaired) electrons. The van der Waals surface area contributed by atoms with Crippen molar-refractivity contribution >= 4 is 21.9 Å². The fourth-order valence-electron chi connectivity index (χ4n) is 2.58. The van der Waals surface area contributed by atoms with Crippen molar-refractivity contribution in [3.8, 4) is 11.5 Å². The second-order valence-electron chi connectivity index (χ2n) is 5.40. The van der Waals surface area contributed by atoms with Gasteiger partial charge in [-0.2, -0.15) is 0 Å². The number of rotatable bonds is 7. The van der Waals surface area contributed by atoms with Gasteiger partial charge in [-0.05, 0) is 25.1 Å². The molecular formula is C18H19BrO7. The van der Waals surface area contributed by atoms with E-state index in [2.05, 4.69) is 15.9 Å². The molecule has 2 N–H and O–H groups in total. The number of aromatic hydroxyl groups is 1. The van der Waals surface area contributed by atoms with Gasteiger partial charge in [-0.15, -0.1) is 0 Å². The highest BCUT2D eigenvalue weighted by atomic mass is 79.9. The second-order valence-corrected chi connectivity index (χ2v) is 6.31. The van der Waals surface area contributed by atoms with Crippen LogP contribution >= 0.6 is 15.9 Å². The Kier molecular flexibility index (Phi) is 6.82. The molecule has 140 valence electrons. The zero-order valence-corrected chi connectivity index (χ0v) is 15.9. The van der Waals surface area contributed by atoms with Gasteiger partial charge >= 0.3 is 5.97 Å². The Balaban J connectivity index is 2.67. The van der Waals surface area contributed by atoms with Crippen LogP contribution in [-0.2, 0) is 16.1 Å². The smallest absolute Gasteiger partial charge is 0.306 e. The molecule has 0 fully saturated rings. The van der Waals surface area contributed by atoms with Gasteiger partial charge in [0, 0.05) is 16.1 Å². The molecule has 0 spiro atoms. The molecule has 1 aromatic heterocycles. The lowest BCUT2D eigenvalue weighted by atomic mass is 9.91. The average Bonchev–Trinajstić information content (AvgIpc) is 2.62. The van der Waals surface area contributed by atoms with Gasteiger partial charge in [-0.25, -0.2) is 0 Å². The number of aliphatic hydroxyl groups excluding tert-OH is 1. The van der Waals surface area contributed by atoms with Gasteiger partial charge in [-0.1, -0.05) is 15.9 Å². The normalized spacial score (nSPS) is 11.8. The first kappa shape index (κ1) is 20.0. The highest BCUT2D eigenvalue weighted by molar-refractivity contribution is 9.10. The summed E-state index contributed by atoms with van der Waals surface area (Å²) in [6.07, 6.45) is -0.188. The van der Waals surface area contributed by atoms with Crippen LogP contribution < -0.4 is 10.2 Å². The Hall–Kier alpha value is -2.32. The molecule has 0 amide bonds. The molecule has 0 bridgehead atoms. The zero-order chi connectivity index (χ0) is 19.3. The Morgan fingerprint density at radius 1 is 1.35 bits per heavy atom. The number of carbonyl (C=O) groups is 1. The summed E-state index contributed by atoms with van der Waals surface area (Å²) in [6, 6.07) is 6.14. The molecule has 2 aromatic rings. The highest BCUT2D eigenvalue weighted by Crippen LogP contribution is 2.39. The SMILES string of the molecule is CCOC(=O)CC(c1cc(Br)ccc1OC)c1oc(CO)cc(=O)c1O. The van der Waals surface area contributed by atoms with Crippen LogP contribution in [0.1, 0.15) is 36.3 Å². The van der Waals surface area contributed by atoms with E-state index in [-0.39, 0.29) is 24.5 Å². The number of aliphatic hydroxyl groups is 1. The number of methoxy groups -OCH3 is 1. The molecule has 1 atom stereocenters. The van der Waals surface area contributed by atoms with E-state index in [1.54, 1.807) is 25.1 Å². The van der Waals surface area contributed by atoms with Gasteiger partial charge in [0.15, 0.2) is 5.76 Å². The van der Waals surface area contributed by atoms with Crippen LogP contribution in [0.15, 0.2) is 37.9 Å². The number of hydrogen-bond donors (Lipinski definition) is 2. The van der Waals surface area contributed by atoms with Crippen LogP contribution in [0.2, 0.25) is 0 Å². The molecule has 0 aliphatic carbocycles. The van der Waals surface area contributed by atoms with Crippen LogP contribution in [-0.4, -0.2) is 29.9 Å². The summed E-state index contributed by atoms with van der Waals surface area (Å²) in [5.41, 5.74) is -0.193. The van der Waals surface area contributed by atoms with Crippen LogP contribution in [0.25, 0.3) is 0 Å². The average molecular weight is 427 g/mol. The fourth-order valence-corrected chi connectivity index (χ4v) is 2.96. The Bertz CT molecular complexity index is 844. The van der Waals surface area contributed by atoms with E-state index in [0.717, 1.165) is 6.07 Å². The van der Waals surface area contributed by atoms with Crippen molar-refractivity contribution in [2.75, 3.05) is 13.7 Å². The molecule has 7 nitrogen and oxygen atoms in total. The minimum Gasteiger partial charge on any atom is -0.502 e. The zero-order valence-electron chi connectivity index (χ0n) is 14.3. The first-order chi connectivity index (χ1) is 12.4. The van der Waals surface area contributed by atoms with Crippen LogP contribution in [0.5, 0.6) is 11.5 Å². The molecule has 1 aromatic carbocycles. The third-order valence-corrected chi connectivity index (χ3v) is 4.21. The lowest BCUT2D eigenvalue weighted by molar-refractivity contribution is -0.143. The van der Waals surface area contributed by atoms with Crippen molar-refractivity contribution < 1.29 is 28.9 Å². The first-order valence-electron chi connectivity index (χ1n) is 7.87. The van der Waals surface area contributed by atoms with Crippen LogP contribution in [0, 0.1) is 0 Å². The molecule has 1 unspecified atom stereocenters. The van der Waals surface area contributed by atoms with Crippen LogP contribution in [0.3, 0.4) is 0 Å². The van der Waals surface area contributed by atoms with Crippen molar-refractivity contribution in [2.45, 2.75) is 25.9 Å². The molecule has 26 heavy (non-hydrogen) atoms. The standard InChI is InChI=1S/C18H19BrO7/c1-3-25-16(22)8-13(12-6-10(19)4-5-15(12)24-2)18-17(23)14(21)7-11(9-20)26-18/h4-7,13,20,23H,3,8-9H2,1-2H3. The summed E-state index contributed by atoms with van der Waals surface area (Å²) >= 11 is 3.36. The highest BCUT2D eigenvalue weighted by Gasteiger charge is 2.29. The van der Waals surface area contributed by atoms with E-state index >= 15 is 0 Å². The van der Waals surface area contributed by atoms with Crippen molar-refractivity contribution in [1.29, 1.82) is 0 Å². The van der Waals surface area contributed by atoms with Crippen molar-refractivity contribution in [1.82, 2.24) is 0 Å². The van der Waals surface area contributed by atoms with Gasteiger partial charge in [0.1, 0.15) is 18.1 Å². The monoisotopic (exact) mass is 426 g/mol. The van der Waals surface area contributed by atoms with E-state index in [1.165, 1.54) is 7.11 Å². The Morgan fingerprint density at radius 3 is 2.69 bits per heavy atom. The van der Waals surface area contributed by atoms with Gasteiger partial charge in [0.05, 0.1) is 26.1 Å². The molecular weight excluding hydrogens is 408 g/mol. The number of halogens is 1. The summed E-state index contributed by atoms with van der Waals surface area (Å²) in [7, 11) is 1.47. The Morgan fingerprint density at radius 2 is 2.08 bits per heavy atom. The maximum atomic E-state index is 12.1. The summed E-state index contributed by atoms with van der Waals surface area (Å²) in [6.45, 7) is 1.34. The first-order valence-corrected chi connectivity index (χ1v) is 8.66. The maximum Gasteiger partial charge on any atom is 0.306 e. The fraction of sp³-hybridized carbons (Fsp3) is 0.333.